The number of nitrogens with zero attached hydrogens (tertiary/aromatic N) is 1. The average Bonchev–Trinajstić information content (AvgIpc) is 2.48. The van der Waals surface area contributed by atoms with Gasteiger partial charge in [-0.05, 0) is 17.7 Å². The highest BCUT2D eigenvalue weighted by molar-refractivity contribution is 5.85. The quantitative estimate of drug-likeness (QED) is 0.633. The van der Waals surface area contributed by atoms with Crippen LogP contribution in [0.2, 0.25) is 0 Å². The molecule has 1 aliphatic rings. The fourth-order valence-corrected chi connectivity index (χ4v) is 3.10. The molecule has 0 unspecified atom stereocenters. The van der Waals surface area contributed by atoms with E-state index in [0.717, 1.165) is 31.7 Å². The number of esters is 1. The number of carbonyl (C=O) groups excluding carboxylic acids is 1. The first-order valence-electron chi connectivity index (χ1n) is 7.78. The molecule has 2 rings (SSSR count). The van der Waals surface area contributed by atoms with Crippen molar-refractivity contribution in [3.8, 4) is 5.75 Å². The number of aliphatic hydroxyl groups excluding tert-OH is 1. The molecule has 0 spiro atoms. The molecule has 0 aromatic heterocycles. The van der Waals surface area contributed by atoms with Crippen molar-refractivity contribution in [3.05, 3.63) is 29.8 Å². The normalized spacial score (nSPS) is 17.2. The second kappa shape index (κ2) is 8.64. The second-order valence-corrected chi connectivity index (χ2v) is 6.50. The summed E-state index contributed by atoms with van der Waals surface area (Å²) in [5.41, 5.74) is 0.784. The van der Waals surface area contributed by atoms with Gasteiger partial charge in [0.15, 0.2) is 0 Å². The van der Waals surface area contributed by atoms with Crippen LogP contribution in [0.4, 0.5) is 0 Å². The van der Waals surface area contributed by atoms with Crippen LogP contribution in [0.1, 0.15) is 32.4 Å². The Morgan fingerprint density at radius 3 is 2.61 bits per heavy atom. The molecule has 5 nitrogen and oxygen atoms in total. The Morgan fingerprint density at radius 2 is 2.04 bits per heavy atom. The maximum Gasteiger partial charge on any atom is 0.308 e. The number of nitrogens with one attached hydrogen (secondary N) is 1. The van der Waals surface area contributed by atoms with Crippen LogP contribution in [0.3, 0.4) is 0 Å². The molecule has 1 aromatic carbocycles. The summed E-state index contributed by atoms with van der Waals surface area (Å²) in [5, 5.41) is 13.2. The fourth-order valence-electron chi connectivity index (χ4n) is 3.10. The molecule has 2 N–H and O–H groups in total. The van der Waals surface area contributed by atoms with Crippen LogP contribution in [0.5, 0.6) is 5.75 Å². The summed E-state index contributed by atoms with van der Waals surface area (Å²) in [7, 11) is 0. The molecule has 0 aliphatic carbocycles. The van der Waals surface area contributed by atoms with E-state index in [1.54, 1.807) is 6.07 Å². The molecule has 6 heteroatoms. The largest absolute Gasteiger partial charge is 0.427 e. The van der Waals surface area contributed by atoms with Crippen molar-refractivity contribution >= 4 is 18.4 Å². The van der Waals surface area contributed by atoms with Crippen molar-refractivity contribution in [2.24, 2.45) is 5.41 Å². The summed E-state index contributed by atoms with van der Waals surface area (Å²) in [4.78, 5) is 13.6. The first-order chi connectivity index (χ1) is 10.4. The van der Waals surface area contributed by atoms with Gasteiger partial charge in [0.2, 0.25) is 0 Å². The summed E-state index contributed by atoms with van der Waals surface area (Å²) in [5.74, 6) is 0.233. The maximum absolute atomic E-state index is 11.2. The monoisotopic (exact) mass is 342 g/mol. The van der Waals surface area contributed by atoms with Gasteiger partial charge in [0, 0.05) is 51.2 Å². The smallest absolute Gasteiger partial charge is 0.308 e. The van der Waals surface area contributed by atoms with Crippen molar-refractivity contribution in [2.75, 3.05) is 32.8 Å². The van der Waals surface area contributed by atoms with Gasteiger partial charge in [0.1, 0.15) is 5.75 Å². The van der Waals surface area contributed by atoms with Crippen molar-refractivity contribution in [3.63, 3.8) is 0 Å². The third-order valence-corrected chi connectivity index (χ3v) is 4.10. The summed E-state index contributed by atoms with van der Waals surface area (Å²) in [6.45, 7) is 9.40. The lowest BCUT2D eigenvalue weighted by molar-refractivity contribution is -0.131. The van der Waals surface area contributed by atoms with Crippen molar-refractivity contribution in [1.29, 1.82) is 0 Å². The van der Waals surface area contributed by atoms with Crippen LogP contribution >= 0.6 is 12.4 Å². The van der Waals surface area contributed by atoms with Gasteiger partial charge in [0.05, 0.1) is 0 Å². The first-order valence-corrected chi connectivity index (χ1v) is 7.78. The van der Waals surface area contributed by atoms with E-state index >= 15 is 0 Å². The number of piperazine rings is 1. The lowest BCUT2D eigenvalue weighted by atomic mass is 9.79. The van der Waals surface area contributed by atoms with Gasteiger partial charge in [-0.3, -0.25) is 9.69 Å². The number of hydrogen-bond acceptors (Lipinski definition) is 5. The van der Waals surface area contributed by atoms with Crippen LogP contribution in [0, 0.1) is 5.41 Å². The third-order valence-electron chi connectivity index (χ3n) is 4.10. The SMILES string of the molecule is CC(=O)Oc1cccc([C@H](N2CCNCC2)C(C)(C)CO)c1.Cl. The number of rotatable bonds is 5. The maximum atomic E-state index is 11.2. The van der Waals surface area contributed by atoms with E-state index in [1.807, 2.05) is 18.2 Å². The number of hydrogen-bond donors (Lipinski definition) is 2. The standard InChI is InChI=1S/C17H26N2O3.ClH/c1-13(21)22-15-6-4-5-14(11-15)16(17(2,3)12-20)19-9-7-18-8-10-19;/h4-6,11,16,18,20H,7-10,12H2,1-3H3;1H/t16-;/m0./s1. The summed E-state index contributed by atoms with van der Waals surface area (Å²) in [6, 6.07) is 7.71. The van der Waals surface area contributed by atoms with E-state index in [0.29, 0.717) is 5.75 Å². The molecule has 1 atom stereocenters. The highest BCUT2D eigenvalue weighted by Gasteiger charge is 2.35. The van der Waals surface area contributed by atoms with Crippen LogP contribution in [-0.4, -0.2) is 48.8 Å². The van der Waals surface area contributed by atoms with Crippen LogP contribution in [-0.2, 0) is 4.79 Å². The molecule has 0 saturated carbocycles. The van der Waals surface area contributed by atoms with Gasteiger partial charge in [-0.1, -0.05) is 26.0 Å². The Morgan fingerprint density at radius 1 is 1.39 bits per heavy atom. The molecule has 1 saturated heterocycles. The van der Waals surface area contributed by atoms with E-state index in [-0.39, 0.29) is 36.4 Å². The van der Waals surface area contributed by atoms with Crippen molar-refractivity contribution in [2.45, 2.75) is 26.8 Å². The zero-order valence-corrected chi connectivity index (χ0v) is 14.9. The topological polar surface area (TPSA) is 61.8 Å². The highest BCUT2D eigenvalue weighted by atomic mass is 35.5. The second-order valence-electron chi connectivity index (χ2n) is 6.50. The molecule has 1 aromatic rings. The van der Waals surface area contributed by atoms with Crippen LogP contribution in [0.25, 0.3) is 0 Å². The molecule has 0 amide bonds. The molecule has 1 heterocycles. The van der Waals surface area contributed by atoms with Gasteiger partial charge >= 0.3 is 5.97 Å². The van der Waals surface area contributed by atoms with E-state index in [4.69, 9.17) is 4.74 Å². The molecule has 1 aliphatic heterocycles. The van der Waals surface area contributed by atoms with E-state index < -0.39 is 0 Å². The number of aliphatic hydroxyl groups is 1. The van der Waals surface area contributed by atoms with Crippen LogP contribution < -0.4 is 10.1 Å². The Bertz CT molecular complexity index is 516. The van der Waals surface area contributed by atoms with Crippen LogP contribution in [0.15, 0.2) is 24.3 Å². The molecule has 130 valence electrons. The number of benzene rings is 1. The molecule has 1 fully saturated rings. The highest BCUT2D eigenvalue weighted by Crippen LogP contribution is 2.39. The number of ether oxygens (including phenoxy) is 1. The van der Waals surface area contributed by atoms with Gasteiger partial charge in [0.25, 0.3) is 0 Å². The Kier molecular flexibility index (Phi) is 7.48. The minimum atomic E-state index is -0.322. The van der Waals surface area contributed by atoms with Crippen molar-refractivity contribution < 1.29 is 14.6 Å². The molecule has 23 heavy (non-hydrogen) atoms. The molecule has 0 bridgehead atoms. The third kappa shape index (κ3) is 5.18. The van der Waals surface area contributed by atoms with E-state index in [1.165, 1.54) is 6.92 Å². The van der Waals surface area contributed by atoms with E-state index in [9.17, 15) is 9.90 Å². The molecule has 0 radical (unpaired) electrons. The molecular weight excluding hydrogens is 316 g/mol. The lowest BCUT2D eigenvalue weighted by Crippen LogP contribution is -2.49. The first kappa shape index (κ1) is 19.9. The summed E-state index contributed by atoms with van der Waals surface area (Å²) in [6.07, 6.45) is 0. The number of carbonyl (C=O) groups is 1. The molecular formula is C17H27ClN2O3. The Labute approximate surface area is 144 Å². The lowest BCUT2D eigenvalue weighted by Gasteiger charge is -2.43. The van der Waals surface area contributed by atoms with Crippen molar-refractivity contribution in [1.82, 2.24) is 10.2 Å². The minimum absolute atomic E-state index is 0. The van der Waals surface area contributed by atoms with Gasteiger partial charge in [-0.15, -0.1) is 12.4 Å². The predicted molar refractivity (Wildman–Crippen MR) is 93.0 cm³/mol. The fraction of sp³-hybridized carbons (Fsp3) is 0.588. The summed E-state index contributed by atoms with van der Waals surface area (Å²) < 4.78 is 5.21. The Hall–Kier alpha value is -1.14. The van der Waals surface area contributed by atoms with Gasteiger partial charge in [-0.2, -0.15) is 0 Å². The summed E-state index contributed by atoms with van der Waals surface area (Å²) >= 11 is 0. The Balaban J connectivity index is 0.00000264. The van der Waals surface area contributed by atoms with Gasteiger partial charge in [-0.25, -0.2) is 0 Å². The van der Waals surface area contributed by atoms with Gasteiger partial charge < -0.3 is 15.2 Å². The number of halogens is 1. The average molecular weight is 343 g/mol. The zero-order chi connectivity index (χ0) is 16.2. The predicted octanol–water partition coefficient (Wildman–Crippen LogP) is 2.00. The van der Waals surface area contributed by atoms with E-state index in [2.05, 4.69) is 24.1 Å². The minimum Gasteiger partial charge on any atom is -0.427 e. The zero-order valence-electron chi connectivity index (χ0n) is 14.0.